The molecule has 1 atom stereocenters. The molecule has 5 nitrogen and oxygen atoms in total. The summed E-state index contributed by atoms with van der Waals surface area (Å²) >= 11 is 0. The summed E-state index contributed by atoms with van der Waals surface area (Å²) in [6.07, 6.45) is -4.43. The molecule has 1 aromatic rings. The van der Waals surface area contributed by atoms with Crippen LogP contribution >= 0.6 is 0 Å². The largest absolute Gasteiger partial charge is 0.416 e. The summed E-state index contributed by atoms with van der Waals surface area (Å²) in [5.74, 6) is -0.576. The van der Waals surface area contributed by atoms with Crippen LogP contribution in [0.1, 0.15) is 17.5 Å². The SMILES string of the molecule is CNC(=O)C[C@@H]1C(=O)NCCN1Cc1cccc(C(F)(F)F)c1. The number of hydrogen-bond acceptors (Lipinski definition) is 3. The lowest BCUT2D eigenvalue weighted by Crippen LogP contribution is -2.56. The number of amides is 2. The Morgan fingerprint density at radius 3 is 2.83 bits per heavy atom. The van der Waals surface area contributed by atoms with Crippen molar-refractivity contribution >= 4 is 11.8 Å². The quantitative estimate of drug-likeness (QED) is 0.871. The summed E-state index contributed by atoms with van der Waals surface area (Å²) in [6.45, 7) is 1.06. The first kappa shape index (κ1) is 17.3. The van der Waals surface area contributed by atoms with Gasteiger partial charge in [-0.3, -0.25) is 14.5 Å². The van der Waals surface area contributed by atoms with E-state index >= 15 is 0 Å². The number of alkyl halides is 3. The lowest BCUT2D eigenvalue weighted by atomic mass is 10.1. The Hall–Kier alpha value is -2.09. The number of benzene rings is 1. The highest BCUT2D eigenvalue weighted by Crippen LogP contribution is 2.30. The molecule has 2 amide bonds. The molecule has 0 aliphatic carbocycles. The molecule has 0 saturated carbocycles. The third kappa shape index (κ3) is 4.44. The van der Waals surface area contributed by atoms with Crippen molar-refractivity contribution < 1.29 is 22.8 Å². The van der Waals surface area contributed by atoms with Crippen LogP contribution in [-0.2, 0) is 22.3 Å². The first-order valence-electron chi connectivity index (χ1n) is 7.19. The second kappa shape index (κ2) is 6.99. The summed E-state index contributed by atoms with van der Waals surface area (Å²) in [7, 11) is 1.47. The minimum atomic E-state index is -4.41. The monoisotopic (exact) mass is 329 g/mol. The highest BCUT2D eigenvalue weighted by Gasteiger charge is 2.33. The number of carbonyl (C=O) groups excluding carboxylic acids is 2. The normalized spacial score (nSPS) is 19.3. The fourth-order valence-corrected chi connectivity index (χ4v) is 2.53. The van der Waals surface area contributed by atoms with Gasteiger partial charge in [0.25, 0.3) is 0 Å². The molecule has 1 fully saturated rings. The van der Waals surface area contributed by atoms with Gasteiger partial charge >= 0.3 is 6.18 Å². The number of nitrogens with zero attached hydrogens (tertiary/aromatic N) is 1. The van der Waals surface area contributed by atoms with Gasteiger partial charge < -0.3 is 10.6 Å². The zero-order valence-corrected chi connectivity index (χ0v) is 12.6. The van der Waals surface area contributed by atoms with Crippen LogP contribution in [0, 0.1) is 0 Å². The van der Waals surface area contributed by atoms with E-state index in [2.05, 4.69) is 10.6 Å². The molecule has 0 unspecified atom stereocenters. The summed E-state index contributed by atoms with van der Waals surface area (Å²) in [5.41, 5.74) is -0.268. The fraction of sp³-hybridized carbons (Fsp3) is 0.467. The average molecular weight is 329 g/mol. The van der Waals surface area contributed by atoms with Gasteiger partial charge in [-0.1, -0.05) is 18.2 Å². The molecule has 0 radical (unpaired) electrons. The molecule has 1 aliphatic rings. The van der Waals surface area contributed by atoms with Crippen LogP contribution in [0.25, 0.3) is 0 Å². The first-order valence-corrected chi connectivity index (χ1v) is 7.19. The van der Waals surface area contributed by atoms with Crippen molar-refractivity contribution in [2.45, 2.75) is 25.2 Å². The van der Waals surface area contributed by atoms with E-state index in [1.807, 2.05) is 0 Å². The second-order valence-corrected chi connectivity index (χ2v) is 5.35. The number of rotatable bonds is 4. The van der Waals surface area contributed by atoms with Gasteiger partial charge in [0.15, 0.2) is 0 Å². The molecule has 1 saturated heterocycles. The van der Waals surface area contributed by atoms with Crippen molar-refractivity contribution in [3.63, 3.8) is 0 Å². The Labute approximate surface area is 131 Å². The molecule has 2 rings (SSSR count). The van der Waals surface area contributed by atoms with E-state index in [9.17, 15) is 22.8 Å². The van der Waals surface area contributed by atoms with Gasteiger partial charge in [0.1, 0.15) is 0 Å². The van der Waals surface area contributed by atoms with Gasteiger partial charge in [-0.2, -0.15) is 13.2 Å². The van der Waals surface area contributed by atoms with E-state index in [4.69, 9.17) is 0 Å². The number of piperazine rings is 1. The van der Waals surface area contributed by atoms with Crippen LogP contribution in [0.5, 0.6) is 0 Å². The number of hydrogen-bond donors (Lipinski definition) is 2. The minimum absolute atomic E-state index is 0.0265. The third-order valence-corrected chi connectivity index (χ3v) is 3.74. The molecule has 0 bridgehead atoms. The maximum Gasteiger partial charge on any atom is 0.416 e. The maximum atomic E-state index is 12.8. The second-order valence-electron chi connectivity index (χ2n) is 5.35. The Bertz CT molecular complexity index is 590. The minimum Gasteiger partial charge on any atom is -0.359 e. The molecule has 126 valence electrons. The highest BCUT2D eigenvalue weighted by atomic mass is 19.4. The smallest absolute Gasteiger partial charge is 0.359 e. The van der Waals surface area contributed by atoms with Crippen molar-refractivity contribution in [3.05, 3.63) is 35.4 Å². The molecule has 23 heavy (non-hydrogen) atoms. The molecule has 8 heteroatoms. The van der Waals surface area contributed by atoms with E-state index in [0.29, 0.717) is 18.7 Å². The topological polar surface area (TPSA) is 61.4 Å². The van der Waals surface area contributed by atoms with E-state index in [1.165, 1.54) is 13.1 Å². The summed E-state index contributed by atoms with van der Waals surface area (Å²) in [6, 6.07) is 4.32. The fourth-order valence-electron chi connectivity index (χ4n) is 2.53. The van der Waals surface area contributed by atoms with Crippen molar-refractivity contribution in [1.82, 2.24) is 15.5 Å². The molecule has 1 aliphatic heterocycles. The van der Waals surface area contributed by atoms with E-state index in [0.717, 1.165) is 12.1 Å². The van der Waals surface area contributed by atoms with Gasteiger partial charge in [0.2, 0.25) is 11.8 Å². The van der Waals surface area contributed by atoms with Gasteiger partial charge in [0, 0.05) is 26.7 Å². The maximum absolute atomic E-state index is 12.8. The zero-order valence-electron chi connectivity index (χ0n) is 12.6. The predicted molar refractivity (Wildman–Crippen MR) is 77.3 cm³/mol. The van der Waals surface area contributed by atoms with Crippen LogP contribution in [0.15, 0.2) is 24.3 Å². The van der Waals surface area contributed by atoms with Crippen molar-refractivity contribution in [2.75, 3.05) is 20.1 Å². The summed E-state index contributed by atoms with van der Waals surface area (Å²) < 4.78 is 38.3. The lowest BCUT2D eigenvalue weighted by molar-refractivity contribution is -0.137. The summed E-state index contributed by atoms with van der Waals surface area (Å²) in [4.78, 5) is 25.2. The molecular weight excluding hydrogens is 311 g/mol. The number of carbonyl (C=O) groups is 2. The molecule has 2 N–H and O–H groups in total. The molecule has 1 heterocycles. The van der Waals surface area contributed by atoms with E-state index < -0.39 is 17.8 Å². The van der Waals surface area contributed by atoms with Gasteiger partial charge in [-0.25, -0.2) is 0 Å². The Kier molecular flexibility index (Phi) is 5.25. The molecule has 0 aromatic heterocycles. The van der Waals surface area contributed by atoms with Crippen LogP contribution in [0.2, 0.25) is 0 Å². The standard InChI is InChI=1S/C15H18F3N3O2/c1-19-13(22)8-12-14(23)20-5-6-21(12)9-10-3-2-4-11(7-10)15(16,17)18/h2-4,7,12H,5-6,8-9H2,1H3,(H,19,22)(H,20,23)/t12-/m1/s1. The van der Waals surface area contributed by atoms with Crippen molar-refractivity contribution in [2.24, 2.45) is 0 Å². The molecule has 1 aromatic carbocycles. The van der Waals surface area contributed by atoms with Gasteiger partial charge in [0.05, 0.1) is 18.0 Å². The average Bonchev–Trinajstić information content (AvgIpc) is 2.50. The Morgan fingerprint density at radius 1 is 1.43 bits per heavy atom. The molecule has 0 spiro atoms. The number of nitrogens with one attached hydrogen (secondary N) is 2. The summed E-state index contributed by atoms with van der Waals surface area (Å²) in [5, 5.41) is 5.12. The van der Waals surface area contributed by atoms with Crippen molar-refractivity contribution in [1.29, 1.82) is 0 Å². The van der Waals surface area contributed by atoms with Crippen LogP contribution in [0.4, 0.5) is 13.2 Å². The van der Waals surface area contributed by atoms with Crippen LogP contribution < -0.4 is 10.6 Å². The van der Waals surface area contributed by atoms with E-state index in [-0.39, 0.29) is 24.8 Å². The Morgan fingerprint density at radius 2 is 2.17 bits per heavy atom. The van der Waals surface area contributed by atoms with Crippen LogP contribution in [0.3, 0.4) is 0 Å². The predicted octanol–water partition coefficient (Wildman–Crippen LogP) is 1.14. The molecular formula is C15H18F3N3O2. The number of halogens is 3. The van der Waals surface area contributed by atoms with Crippen LogP contribution in [-0.4, -0.2) is 42.9 Å². The Balaban J connectivity index is 2.16. The lowest BCUT2D eigenvalue weighted by Gasteiger charge is -2.34. The first-order chi connectivity index (χ1) is 10.8. The third-order valence-electron chi connectivity index (χ3n) is 3.74. The van der Waals surface area contributed by atoms with Crippen molar-refractivity contribution in [3.8, 4) is 0 Å². The zero-order chi connectivity index (χ0) is 17.0. The van der Waals surface area contributed by atoms with E-state index in [1.54, 1.807) is 11.0 Å². The van der Waals surface area contributed by atoms with Gasteiger partial charge in [-0.05, 0) is 11.6 Å². The van der Waals surface area contributed by atoms with Gasteiger partial charge in [-0.15, -0.1) is 0 Å². The highest BCUT2D eigenvalue weighted by molar-refractivity contribution is 5.88.